The Morgan fingerprint density at radius 2 is 2.06 bits per heavy atom. The number of benzene rings is 1. The fraction of sp³-hybridized carbons (Fsp3) is 0.467. The van der Waals surface area contributed by atoms with Gasteiger partial charge in [-0.3, -0.25) is 0 Å². The fourth-order valence-corrected chi connectivity index (χ4v) is 2.93. The maximum Gasteiger partial charge on any atom is 0.142 e. The second-order valence-corrected chi connectivity index (χ2v) is 5.83. The van der Waals surface area contributed by atoms with E-state index < -0.39 is 0 Å². The number of aromatic nitrogens is 1. The van der Waals surface area contributed by atoms with Gasteiger partial charge >= 0.3 is 0 Å². The molecule has 0 saturated heterocycles. The number of fused-ring (bicyclic) bond motifs is 3. The molecule has 3 rings (SSSR count). The first-order valence-corrected chi connectivity index (χ1v) is 6.44. The zero-order valence-electron chi connectivity index (χ0n) is 11.5. The van der Waals surface area contributed by atoms with Crippen molar-refractivity contribution >= 4 is 10.9 Å². The summed E-state index contributed by atoms with van der Waals surface area (Å²) in [7, 11) is 1.73. The Labute approximate surface area is 108 Å². The van der Waals surface area contributed by atoms with Crippen LogP contribution in [0.4, 0.5) is 0 Å². The number of ether oxygens (including phenoxy) is 1. The summed E-state index contributed by atoms with van der Waals surface area (Å²) in [4.78, 5) is 3.53. The van der Waals surface area contributed by atoms with Crippen LogP contribution in [-0.2, 0) is 13.0 Å². The van der Waals surface area contributed by atoms with Crippen LogP contribution in [0.25, 0.3) is 10.9 Å². The van der Waals surface area contributed by atoms with Crippen LogP contribution in [0, 0.1) is 6.92 Å². The van der Waals surface area contributed by atoms with Crippen LogP contribution in [0.5, 0.6) is 5.75 Å². The predicted octanol–water partition coefficient (Wildman–Crippen LogP) is 2.91. The summed E-state index contributed by atoms with van der Waals surface area (Å²) in [6, 6.07) is 4.18. The lowest BCUT2D eigenvalue weighted by atomic mass is 9.88. The highest BCUT2D eigenvalue weighted by Crippen LogP contribution is 2.36. The van der Waals surface area contributed by atoms with E-state index in [2.05, 4.69) is 37.1 Å². The smallest absolute Gasteiger partial charge is 0.142 e. The van der Waals surface area contributed by atoms with E-state index in [4.69, 9.17) is 4.74 Å². The molecule has 0 atom stereocenters. The number of hydrogen-bond acceptors (Lipinski definition) is 2. The average Bonchev–Trinajstić information content (AvgIpc) is 2.67. The quantitative estimate of drug-likeness (QED) is 0.809. The number of methoxy groups -OCH3 is 1. The van der Waals surface area contributed by atoms with Gasteiger partial charge in [-0.1, -0.05) is 6.07 Å². The third-order valence-electron chi connectivity index (χ3n) is 3.90. The third-order valence-corrected chi connectivity index (χ3v) is 3.90. The van der Waals surface area contributed by atoms with Crippen LogP contribution in [0.2, 0.25) is 0 Å². The van der Waals surface area contributed by atoms with Crippen molar-refractivity contribution < 1.29 is 4.74 Å². The van der Waals surface area contributed by atoms with E-state index in [-0.39, 0.29) is 5.54 Å². The van der Waals surface area contributed by atoms with Gasteiger partial charge in [0.05, 0.1) is 12.6 Å². The predicted molar refractivity (Wildman–Crippen MR) is 74.2 cm³/mol. The molecule has 1 aromatic heterocycles. The maximum atomic E-state index is 5.46. The minimum absolute atomic E-state index is 0.164. The number of aromatic amines is 1. The molecule has 18 heavy (non-hydrogen) atoms. The zero-order valence-corrected chi connectivity index (χ0v) is 11.5. The second kappa shape index (κ2) is 3.75. The van der Waals surface area contributed by atoms with Gasteiger partial charge in [-0.25, -0.2) is 0 Å². The van der Waals surface area contributed by atoms with Crippen molar-refractivity contribution in [1.29, 1.82) is 0 Å². The molecule has 0 spiro atoms. The van der Waals surface area contributed by atoms with Gasteiger partial charge in [0.25, 0.3) is 0 Å². The molecule has 3 heteroatoms. The Morgan fingerprint density at radius 1 is 1.28 bits per heavy atom. The van der Waals surface area contributed by atoms with E-state index in [0.717, 1.165) is 24.2 Å². The monoisotopic (exact) mass is 244 g/mol. The molecule has 1 aliphatic heterocycles. The summed E-state index contributed by atoms with van der Waals surface area (Å²) in [5, 5.41) is 4.91. The Bertz CT molecular complexity index is 610. The Kier molecular flexibility index (Phi) is 2.42. The van der Waals surface area contributed by atoms with E-state index >= 15 is 0 Å². The molecule has 0 amide bonds. The van der Waals surface area contributed by atoms with Gasteiger partial charge in [-0.15, -0.1) is 0 Å². The lowest BCUT2D eigenvalue weighted by molar-refractivity contribution is 0.361. The first kappa shape index (κ1) is 11.6. The van der Waals surface area contributed by atoms with Crippen molar-refractivity contribution in [3.05, 3.63) is 29.0 Å². The maximum absolute atomic E-state index is 5.46. The molecule has 2 N–H and O–H groups in total. The molecule has 2 aromatic rings. The molecule has 0 bridgehead atoms. The summed E-state index contributed by atoms with van der Waals surface area (Å²) in [5.41, 5.74) is 5.38. The van der Waals surface area contributed by atoms with Crippen LogP contribution < -0.4 is 10.1 Å². The standard InChI is InChI=1S/C15H20N2O/c1-9-5-6-12(18-4)14-13(9)10-7-15(2,3)16-8-11(10)17-14/h5-6,16-17H,7-8H2,1-4H3. The first-order valence-electron chi connectivity index (χ1n) is 6.44. The highest BCUT2D eigenvalue weighted by atomic mass is 16.5. The largest absolute Gasteiger partial charge is 0.495 e. The van der Waals surface area contributed by atoms with E-state index in [9.17, 15) is 0 Å². The van der Waals surface area contributed by atoms with Crippen molar-refractivity contribution in [2.45, 2.75) is 39.3 Å². The molecule has 3 nitrogen and oxygen atoms in total. The van der Waals surface area contributed by atoms with Gasteiger partial charge in [0.1, 0.15) is 5.75 Å². The Balaban J connectivity index is 2.29. The average molecular weight is 244 g/mol. The summed E-state index contributed by atoms with van der Waals surface area (Å²) in [6.45, 7) is 7.58. The highest BCUT2D eigenvalue weighted by Gasteiger charge is 2.28. The van der Waals surface area contributed by atoms with E-state index in [1.165, 1.54) is 22.2 Å². The van der Waals surface area contributed by atoms with Gasteiger partial charge in [0.2, 0.25) is 0 Å². The van der Waals surface area contributed by atoms with Crippen molar-refractivity contribution in [2.24, 2.45) is 0 Å². The van der Waals surface area contributed by atoms with Crippen LogP contribution in [0.3, 0.4) is 0 Å². The highest BCUT2D eigenvalue weighted by molar-refractivity contribution is 5.92. The Hall–Kier alpha value is -1.48. The van der Waals surface area contributed by atoms with E-state index in [1.807, 2.05) is 6.07 Å². The van der Waals surface area contributed by atoms with Crippen LogP contribution in [0.15, 0.2) is 12.1 Å². The summed E-state index contributed by atoms with van der Waals surface area (Å²) in [5.74, 6) is 0.933. The molecule has 0 radical (unpaired) electrons. The molecule has 1 aromatic carbocycles. The summed E-state index contributed by atoms with van der Waals surface area (Å²) >= 11 is 0. The number of nitrogens with one attached hydrogen (secondary N) is 2. The number of H-pyrrole nitrogens is 1. The van der Waals surface area contributed by atoms with Gasteiger partial charge in [-0.2, -0.15) is 0 Å². The van der Waals surface area contributed by atoms with Gasteiger partial charge < -0.3 is 15.0 Å². The van der Waals surface area contributed by atoms with Crippen LogP contribution >= 0.6 is 0 Å². The molecule has 0 aliphatic carbocycles. The zero-order chi connectivity index (χ0) is 12.9. The van der Waals surface area contributed by atoms with Crippen molar-refractivity contribution in [2.75, 3.05) is 7.11 Å². The molecule has 1 aliphatic rings. The van der Waals surface area contributed by atoms with Gasteiger partial charge in [-0.05, 0) is 44.4 Å². The molecular weight excluding hydrogens is 224 g/mol. The molecular formula is C15H20N2O. The van der Waals surface area contributed by atoms with E-state index in [0.29, 0.717) is 0 Å². The number of hydrogen-bond donors (Lipinski definition) is 2. The fourth-order valence-electron chi connectivity index (χ4n) is 2.93. The third kappa shape index (κ3) is 1.62. The van der Waals surface area contributed by atoms with Crippen molar-refractivity contribution in [3.63, 3.8) is 0 Å². The van der Waals surface area contributed by atoms with Gasteiger partial charge in [0, 0.05) is 23.2 Å². The molecule has 0 unspecified atom stereocenters. The minimum Gasteiger partial charge on any atom is -0.495 e. The Morgan fingerprint density at radius 3 is 2.78 bits per heavy atom. The van der Waals surface area contributed by atoms with Crippen molar-refractivity contribution in [3.8, 4) is 5.75 Å². The van der Waals surface area contributed by atoms with Crippen LogP contribution in [-0.4, -0.2) is 17.6 Å². The van der Waals surface area contributed by atoms with Gasteiger partial charge in [0.15, 0.2) is 0 Å². The topological polar surface area (TPSA) is 37.0 Å². The summed E-state index contributed by atoms with van der Waals surface area (Å²) in [6.07, 6.45) is 1.05. The lowest BCUT2D eigenvalue weighted by Crippen LogP contribution is -2.44. The molecule has 2 heterocycles. The molecule has 0 saturated carbocycles. The number of aryl methyl sites for hydroxylation is 1. The molecule has 96 valence electrons. The second-order valence-electron chi connectivity index (χ2n) is 5.83. The summed E-state index contributed by atoms with van der Waals surface area (Å²) < 4.78 is 5.46. The normalized spacial score (nSPS) is 17.8. The molecule has 0 fully saturated rings. The first-order chi connectivity index (χ1) is 8.52. The minimum atomic E-state index is 0.164. The van der Waals surface area contributed by atoms with E-state index in [1.54, 1.807) is 7.11 Å². The lowest BCUT2D eigenvalue weighted by Gasteiger charge is -2.31. The SMILES string of the molecule is COc1ccc(C)c2c3c([nH]c12)CNC(C)(C)C3. The van der Waals surface area contributed by atoms with Crippen LogP contribution in [0.1, 0.15) is 30.7 Å². The van der Waals surface area contributed by atoms with Crippen molar-refractivity contribution in [1.82, 2.24) is 10.3 Å². The number of rotatable bonds is 1.